The third-order valence-corrected chi connectivity index (χ3v) is 2.51. The van der Waals surface area contributed by atoms with Crippen molar-refractivity contribution in [3.63, 3.8) is 0 Å². The van der Waals surface area contributed by atoms with Crippen molar-refractivity contribution < 1.29 is 14.3 Å². The van der Waals surface area contributed by atoms with Crippen molar-refractivity contribution in [2.75, 3.05) is 26.8 Å². The van der Waals surface area contributed by atoms with Crippen molar-refractivity contribution in [1.29, 1.82) is 0 Å². The summed E-state index contributed by atoms with van der Waals surface area (Å²) in [5.74, 6) is -0.263. The van der Waals surface area contributed by atoms with Gasteiger partial charge in [-0.25, -0.2) is 0 Å². The van der Waals surface area contributed by atoms with Crippen molar-refractivity contribution in [3.05, 3.63) is 42.0 Å². The third kappa shape index (κ3) is 7.33. The van der Waals surface area contributed by atoms with Gasteiger partial charge in [-0.1, -0.05) is 30.3 Å². The van der Waals surface area contributed by atoms with Crippen LogP contribution in [0.25, 0.3) is 6.08 Å². The van der Waals surface area contributed by atoms with Gasteiger partial charge < -0.3 is 15.4 Å². The number of benzene rings is 1. The molecule has 20 heavy (non-hydrogen) atoms. The van der Waals surface area contributed by atoms with Crippen molar-refractivity contribution in [2.24, 2.45) is 0 Å². The van der Waals surface area contributed by atoms with E-state index in [2.05, 4.69) is 10.6 Å². The van der Waals surface area contributed by atoms with Gasteiger partial charge in [0.1, 0.15) is 0 Å². The number of carbonyl (C=O) groups is 2. The normalized spacial score (nSPS) is 10.4. The van der Waals surface area contributed by atoms with Gasteiger partial charge in [-0.3, -0.25) is 9.59 Å². The zero-order valence-electron chi connectivity index (χ0n) is 11.6. The quantitative estimate of drug-likeness (QED) is 0.549. The molecule has 0 aromatic heterocycles. The Bertz CT molecular complexity index is 444. The van der Waals surface area contributed by atoms with Crippen LogP contribution in [0.2, 0.25) is 0 Å². The first kappa shape index (κ1) is 15.9. The van der Waals surface area contributed by atoms with Crippen LogP contribution in [0.3, 0.4) is 0 Å². The average Bonchev–Trinajstić information content (AvgIpc) is 2.48. The highest BCUT2D eigenvalue weighted by Crippen LogP contribution is 2.00. The first-order valence-electron chi connectivity index (χ1n) is 6.49. The van der Waals surface area contributed by atoms with Crippen molar-refractivity contribution in [3.8, 4) is 0 Å². The number of hydrogen-bond acceptors (Lipinski definition) is 3. The molecule has 1 rings (SSSR count). The topological polar surface area (TPSA) is 67.4 Å². The summed E-state index contributed by atoms with van der Waals surface area (Å²) in [6.45, 7) is 1.21. The van der Waals surface area contributed by atoms with Gasteiger partial charge >= 0.3 is 0 Å². The van der Waals surface area contributed by atoms with E-state index in [1.54, 1.807) is 13.2 Å². The lowest BCUT2D eigenvalue weighted by atomic mass is 10.2. The second-order valence-electron chi connectivity index (χ2n) is 4.13. The molecule has 0 saturated heterocycles. The Morgan fingerprint density at radius 3 is 2.55 bits per heavy atom. The summed E-state index contributed by atoms with van der Waals surface area (Å²) in [4.78, 5) is 22.7. The molecule has 0 bridgehead atoms. The highest BCUT2D eigenvalue weighted by Gasteiger charge is 2.00. The fourth-order valence-corrected chi connectivity index (χ4v) is 1.47. The van der Waals surface area contributed by atoms with Crippen LogP contribution in [0.4, 0.5) is 0 Å². The maximum Gasteiger partial charge on any atom is 0.244 e. The lowest BCUT2D eigenvalue weighted by Crippen LogP contribution is -2.34. The minimum atomic E-state index is -0.181. The van der Waals surface area contributed by atoms with E-state index in [4.69, 9.17) is 4.74 Å². The highest BCUT2D eigenvalue weighted by molar-refractivity contribution is 5.91. The number of hydrogen-bond donors (Lipinski definition) is 2. The van der Waals surface area contributed by atoms with Crippen LogP contribution >= 0.6 is 0 Å². The maximum atomic E-state index is 11.5. The second-order valence-corrected chi connectivity index (χ2v) is 4.13. The SMILES string of the molecule is COCCC(=O)NCCNC(=O)/C=C/c1ccccc1. The molecule has 108 valence electrons. The maximum absolute atomic E-state index is 11.5. The van der Waals surface area contributed by atoms with Crippen LogP contribution in [0.1, 0.15) is 12.0 Å². The van der Waals surface area contributed by atoms with Crippen molar-refractivity contribution in [2.45, 2.75) is 6.42 Å². The Morgan fingerprint density at radius 2 is 1.85 bits per heavy atom. The van der Waals surface area contributed by atoms with Gasteiger partial charge in [0.15, 0.2) is 0 Å². The smallest absolute Gasteiger partial charge is 0.244 e. The molecule has 0 atom stereocenters. The summed E-state index contributed by atoms with van der Waals surface area (Å²) >= 11 is 0. The molecule has 0 unspecified atom stereocenters. The number of methoxy groups -OCH3 is 1. The second kappa shape index (κ2) is 9.75. The molecule has 0 radical (unpaired) electrons. The van der Waals surface area contributed by atoms with E-state index in [1.807, 2.05) is 30.3 Å². The van der Waals surface area contributed by atoms with Crippen LogP contribution < -0.4 is 10.6 Å². The minimum absolute atomic E-state index is 0.0825. The van der Waals surface area contributed by atoms with Gasteiger partial charge in [-0.05, 0) is 11.6 Å². The van der Waals surface area contributed by atoms with Gasteiger partial charge in [0.2, 0.25) is 11.8 Å². The zero-order chi connectivity index (χ0) is 14.6. The molecule has 1 aromatic carbocycles. The molecular formula is C15H20N2O3. The first-order valence-corrected chi connectivity index (χ1v) is 6.49. The first-order chi connectivity index (χ1) is 9.72. The summed E-state index contributed by atoms with van der Waals surface area (Å²) in [7, 11) is 1.55. The van der Waals surface area contributed by atoms with E-state index in [0.29, 0.717) is 26.1 Å². The molecule has 2 amide bonds. The molecule has 0 heterocycles. The van der Waals surface area contributed by atoms with Crippen molar-refractivity contribution in [1.82, 2.24) is 10.6 Å². The monoisotopic (exact) mass is 276 g/mol. The minimum Gasteiger partial charge on any atom is -0.384 e. The Kier molecular flexibility index (Phi) is 7.76. The molecular weight excluding hydrogens is 256 g/mol. The van der Waals surface area contributed by atoms with Gasteiger partial charge in [0.25, 0.3) is 0 Å². The van der Waals surface area contributed by atoms with Gasteiger partial charge in [-0.15, -0.1) is 0 Å². The van der Waals surface area contributed by atoms with E-state index in [-0.39, 0.29) is 11.8 Å². The van der Waals surface area contributed by atoms with Crippen LogP contribution in [-0.4, -0.2) is 38.6 Å². The van der Waals surface area contributed by atoms with Gasteiger partial charge in [0, 0.05) is 32.7 Å². The molecule has 0 aliphatic rings. The van der Waals surface area contributed by atoms with Crippen molar-refractivity contribution >= 4 is 17.9 Å². The predicted octanol–water partition coefficient (Wildman–Crippen LogP) is 0.969. The number of nitrogens with one attached hydrogen (secondary N) is 2. The molecule has 0 aliphatic heterocycles. The molecule has 1 aromatic rings. The van der Waals surface area contributed by atoms with E-state index >= 15 is 0 Å². The summed E-state index contributed by atoms with van der Waals surface area (Å²) in [6.07, 6.45) is 3.55. The summed E-state index contributed by atoms with van der Waals surface area (Å²) < 4.78 is 4.79. The fraction of sp³-hybridized carbons (Fsp3) is 0.333. The zero-order valence-corrected chi connectivity index (χ0v) is 11.6. The summed E-state index contributed by atoms with van der Waals surface area (Å²) in [5, 5.41) is 5.38. The van der Waals surface area contributed by atoms with Crippen LogP contribution in [0.15, 0.2) is 36.4 Å². The van der Waals surface area contributed by atoms with Crippen LogP contribution in [0.5, 0.6) is 0 Å². The number of carbonyl (C=O) groups excluding carboxylic acids is 2. The van der Waals surface area contributed by atoms with Gasteiger partial charge in [-0.2, -0.15) is 0 Å². The molecule has 0 saturated carbocycles. The summed E-state index contributed by atoms with van der Waals surface area (Å²) in [5.41, 5.74) is 0.968. The number of rotatable bonds is 8. The Balaban J connectivity index is 2.14. The third-order valence-electron chi connectivity index (χ3n) is 2.51. The predicted molar refractivity (Wildman–Crippen MR) is 78.0 cm³/mol. The lowest BCUT2D eigenvalue weighted by Gasteiger charge is -2.05. The molecule has 2 N–H and O–H groups in total. The molecule has 5 nitrogen and oxygen atoms in total. The largest absolute Gasteiger partial charge is 0.384 e. The Labute approximate surface area is 119 Å². The number of amides is 2. The molecule has 5 heteroatoms. The Morgan fingerprint density at radius 1 is 1.15 bits per heavy atom. The van der Waals surface area contributed by atoms with Crippen LogP contribution in [-0.2, 0) is 14.3 Å². The highest BCUT2D eigenvalue weighted by atomic mass is 16.5. The van der Waals surface area contributed by atoms with E-state index < -0.39 is 0 Å². The van der Waals surface area contributed by atoms with Crippen LogP contribution in [0, 0.1) is 0 Å². The summed E-state index contributed by atoms with van der Waals surface area (Å²) in [6, 6.07) is 9.57. The number of ether oxygens (including phenoxy) is 1. The molecule has 0 fully saturated rings. The Hall–Kier alpha value is -2.14. The molecule has 0 spiro atoms. The molecule has 0 aliphatic carbocycles. The average molecular weight is 276 g/mol. The standard InChI is InChI=1S/C15H20N2O3/c1-20-12-9-15(19)17-11-10-16-14(18)8-7-13-5-3-2-4-6-13/h2-8H,9-12H2,1H3,(H,16,18)(H,17,19)/b8-7+. The lowest BCUT2D eigenvalue weighted by molar-refractivity contribution is -0.122. The van der Waals surface area contributed by atoms with E-state index in [1.165, 1.54) is 6.08 Å². The fourth-order valence-electron chi connectivity index (χ4n) is 1.47. The van der Waals surface area contributed by atoms with E-state index in [0.717, 1.165) is 5.56 Å². The van der Waals surface area contributed by atoms with E-state index in [9.17, 15) is 9.59 Å². The van der Waals surface area contributed by atoms with Gasteiger partial charge in [0.05, 0.1) is 6.61 Å².